The van der Waals surface area contributed by atoms with Crippen LogP contribution in [0.15, 0.2) is 24.3 Å². The lowest BCUT2D eigenvalue weighted by Crippen LogP contribution is -2.24. The summed E-state index contributed by atoms with van der Waals surface area (Å²) in [5.74, 6) is 0. The molecular weight excluding hydrogens is 186 g/mol. The van der Waals surface area contributed by atoms with Crippen molar-refractivity contribution in [1.82, 2.24) is 0 Å². The van der Waals surface area contributed by atoms with Crippen LogP contribution in [-0.2, 0) is 11.2 Å². The molecule has 1 aromatic carbocycles. The lowest BCUT2D eigenvalue weighted by atomic mass is 10.1. The van der Waals surface area contributed by atoms with E-state index in [9.17, 15) is 0 Å². The third-order valence-electron chi connectivity index (χ3n) is 2.71. The second-order valence-corrected chi connectivity index (χ2v) is 4.45. The van der Waals surface area contributed by atoms with Gasteiger partial charge in [0.15, 0.2) is 0 Å². The Labute approximate surface area is 92.4 Å². The number of hydrogen-bond acceptors (Lipinski definition) is 2. The highest BCUT2D eigenvalue weighted by molar-refractivity contribution is 5.39. The molecule has 0 radical (unpaired) electrons. The Bertz CT molecular complexity index is 290. The molecule has 0 saturated heterocycles. The minimum absolute atomic E-state index is 0.00614. The van der Waals surface area contributed by atoms with Gasteiger partial charge in [0.1, 0.15) is 0 Å². The first-order valence-electron chi connectivity index (χ1n) is 5.52. The summed E-state index contributed by atoms with van der Waals surface area (Å²) in [6.07, 6.45) is 1.98. The van der Waals surface area contributed by atoms with Gasteiger partial charge in [-0.15, -0.1) is 0 Å². The highest BCUT2D eigenvalue weighted by Crippen LogP contribution is 2.14. The molecule has 2 nitrogen and oxygen atoms in total. The minimum atomic E-state index is -0.00614. The lowest BCUT2D eigenvalue weighted by Gasteiger charge is -2.23. The first-order chi connectivity index (χ1) is 7.03. The second kappa shape index (κ2) is 5.17. The SMILES string of the molecule is CCC(C)(C)OCCc1ccc(N)cc1. The summed E-state index contributed by atoms with van der Waals surface area (Å²) in [6.45, 7) is 7.15. The summed E-state index contributed by atoms with van der Waals surface area (Å²) in [6, 6.07) is 7.97. The van der Waals surface area contributed by atoms with Crippen LogP contribution in [0.5, 0.6) is 0 Å². The fourth-order valence-electron chi connectivity index (χ4n) is 1.23. The fraction of sp³-hybridized carbons (Fsp3) is 0.538. The Hall–Kier alpha value is -1.02. The molecule has 0 spiro atoms. The second-order valence-electron chi connectivity index (χ2n) is 4.45. The summed E-state index contributed by atoms with van der Waals surface area (Å²) in [7, 11) is 0. The maximum atomic E-state index is 5.78. The van der Waals surface area contributed by atoms with Crippen molar-refractivity contribution in [3.63, 3.8) is 0 Å². The van der Waals surface area contributed by atoms with Crippen LogP contribution >= 0.6 is 0 Å². The molecule has 2 heteroatoms. The zero-order chi connectivity index (χ0) is 11.3. The van der Waals surface area contributed by atoms with E-state index in [2.05, 4.69) is 32.9 Å². The van der Waals surface area contributed by atoms with Crippen LogP contribution in [0.1, 0.15) is 32.8 Å². The van der Waals surface area contributed by atoms with Crippen molar-refractivity contribution < 1.29 is 4.74 Å². The summed E-state index contributed by atoms with van der Waals surface area (Å²) < 4.78 is 5.78. The van der Waals surface area contributed by atoms with Crippen LogP contribution in [0.4, 0.5) is 5.69 Å². The maximum absolute atomic E-state index is 5.78. The molecular formula is C13H21NO. The Morgan fingerprint density at radius 3 is 2.33 bits per heavy atom. The highest BCUT2D eigenvalue weighted by atomic mass is 16.5. The van der Waals surface area contributed by atoms with Crippen LogP contribution in [-0.4, -0.2) is 12.2 Å². The van der Waals surface area contributed by atoms with E-state index in [-0.39, 0.29) is 5.60 Å². The maximum Gasteiger partial charge on any atom is 0.0624 e. The lowest BCUT2D eigenvalue weighted by molar-refractivity contribution is -0.0182. The molecule has 0 aliphatic carbocycles. The first kappa shape index (κ1) is 12.1. The van der Waals surface area contributed by atoms with E-state index >= 15 is 0 Å². The van der Waals surface area contributed by atoms with Crippen LogP contribution in [0.3, 0.4) is 0 Å². The smallest absolute Gasteiger partial charge is 0.0624 e. The minimum Gasteiger partial charge on any atom is -0.399 e. The van der Waals surface area contributed by atoms with Crippen molar-refractivity contribution in [2.24, 2.45) is 0 Å². The molecule has 0 atom stereocenters. The average Bonchev–Trinajstić information content (AvgIpc) is 2.21. The Morgan fingerprint density at radius 2 is 1.80 bits per heavy atom. The van der Waals surface area contributed by atoms with Gasteiger partial charge in [-0.05, 0) is 44.4 Å². The monoisotopic (exact) mass is 207 g/mol. The van der Waals surface area contributed by atoms with Gasteiger partial charge in [0.25, 0.3) is 0 Å². The van der Waals surface area contributed by atoms with Crippen molar-refractivity contribution in [1.29, 1.82) is 0 Å². The predicted molar refractivity (Wildman–Crippen MR) is 64.9 cm³/mol. The Balaban J connectivity index is 2.35. The molecule has 1 rings (SSSR count). The number of anilines is 1. The van der Waals surface area contributed by atoms with E-state index in [4.69, 9.17) is 10.5 Å². The van der Waals surface area contributed by atoms with E-state index in [1.165, 1.54) is 5.56 Å². The van der Waals surface area contributed by atoms with Crippen molar-refractivity contribution in [3.05, 3.63) is 29.8 Å². The van der Waals surface area contributed by atoms with Crippen LogP contribution < -0.4 is 5.73 Å². The molecule has 0 bridgehead atoms. The van der Waals surface area contributed by atoms with E-state index in [0.29, 0.717) is 0 Å². The molecule has 0 fully saturated rings. The number of nitrogen functional groups attached to an aromatic ring is 1. The molecule has 15 heavy (non-hydrogen) atoms. The molecule has 0 unspecified atom stereocenters. The number of nitrogens with two attached hydrogens (primary N) is 1. The van der Waals surface area contributed by atoms with Crippen molar-refractivity contribution >= 4 is 5.69 Å². The topological polar surface area (TPSA) is 35.2 Å². The van der Waals surface area contributed by atoms with Gasteiger partial charge in [-0.2, -0.15) is 0 Å². The zero-order valence-electron chi connectivity index (χ0n) is 9.92. The van der Waals surface area contributed by atoms with Crippen molar-refractivity contribution in [2.75, 3.05) is 12.3 Å². The third kappa shape index (κ3) is 4.34. The predicted octanol–water partition coefficient (Wildman–Crippen LogP) is 3.02. The highest BCUT2D eigenvalue weighted by Gasteiger charge is 2.14. The molecule has 0 amide bonds. The molecule has 0 saturated carbocycles. The van der Waals surface area contributed by atoms with Gasteiger partial charge in [-0.1, -0.05) is 19.1 Å². The van der Waals surface area contributed by atoms with Gasteiger partial charge in [0.05, 0.1) is 12.2 Å². The van der Waals surface area contributed by atoms with Gasteiger partial charge in [0.2, 0.25) is 0 Å². The van der Waals surface area contributed by atoms with E-state index in [1.807, 2.05) is 12.1 Å². The molecule has 2 N–H and O–H groups in total. The van der Waals surface area contributed by atoms with Crippen LogP contribution in [0.25, 0.3) is 0 Å². The molecule has 0 aliphatic rings. The molecule has 0 heterocycles. The van der Waals surface area contributed by atoms with Gasteiger partial charge in [0, 0.05) is 5.69 Å². The average molecular weight is 207 g/mol. The quantitative estimate of drug-likeness (QED) is 0.753. The van der Waals surface area contributed by atoms with Crippen LogP contribution in [0.2, 0.25) is 0 Å². The molecule has 1 aromatic rings. The fourth-order valence-corrected chi connectivity index (χ4v) is 1.23. The molecule has 0 aromatic heterocycles. The van der Waals surface area contributed by atoms with E-state index in [1.54, 1.807) is 0 Å². The summed E-state index contributed by atoms with van der Waals surface area (Å²) in [4.78, 5) is 0. The number of rotatable bonds is 5. The van der Waals surface area contributed by atoms with Gasteiger partial charge >= 0.3 is 0 Å². The number of benzene rings is 1. The molecule has 0 aliphatic heterocycles. The summed E-state index contributed by atoms with van der Waals surface area (Å²) in [5, 5.41) is 0. The van der Waals surface area contributed by atoms with Gasteiger partial charge in [-0.3, -0.25) is 0 Å². The summed E-state index contributed by atoms with van der Waals surface area (Å²) in [5.41, 5.74) is 7.70. The number of ether oxygens (including phenoxy) is 1. The van der Waals surface area contributed by atoms with Crippen LogP contribution in [0, 0.1) is 0 Å². The normalized spacial score (nSPS) is 11.7. The Morgan fingerprint density at radius 1 is 1.20 bits per heavy atom. The van der Waals surface area contributed by atoms with E-state index < -0.39 is 0 Å². The zero-order valence-corrected chi connectivity index (χ0v) is 9.92. The van der Waals surface area contributed by atoms with E-state index in [0.717, 1.165) is 25.1 Å². The third-order valence-corrected chi connectivity index (χ3v) is 2.71. The first-order valence-corrected chi connectivity index (χ1v) is 5.52. The van der Waals surface area contributed by atoms with Gasteiger partial charge < -0.3 is 10.5 Å². The number of hydrogen-bond donors (Lipinski definition) is 1. The molecule has 84 valence electrons. The Kier molecular flexibility index (Phi) is 4.15. The largest absolute Gasteiger partial charge is 0.399 e. The van der Waals surface area contributed by atoms with Crippen molar-refractivity contribution in [2.45, 2.75) is 39.2 Å². The summed E-state index contributed by atoms with van der Waals surface area (Å²) >= 11 is 0. The standard InChI is InChI=1S/C13H21NO/c1-4-13(2,3)15-10-9-11-5-7-12(14)8-6-11/h5-8H,4,9-10,14H2,1-3H3. The van der Waals surface area contributed by atoms with Gasteiger partial charge in [-0.25, -0.2) is 0 Å². The van der Waals surface area contributed by atoms with Crippen molar-refractivity contribution in [3.8, 4) is 0 Å².